The summed E-state index contributed by atoms with van der Waals surface area (Å²) in [6.07, 6.45) is 7.99. The van der Waals surface area contributed by atoms with E-state index in [1.165, 1.54) is 25.3 Å². The zero-order valence-corrected chi connectivity index (χ0v) is 19.0. The number of primary amides is 1. The van der Waals surface area contributed by atoms with Crippen LogP contribution in [0.25, 0.3) is 11.0 Å². The van der Waals surface area contributed by atoms with Gasteiger partial charge in [0.2, 0.25) is 5.91 Å². The number of piperidine rings is 1. The fourth-order valence-corrected chi connectivity index (χ4v) is 5.86. The largest absolute Gasteiger partial charge is 0.366 e. The van der Waals surface area contributed by atoms with E-state index in [0.29, 0.717) is 23.0 Å². The summed E-state index contributed by atoms with van der Waals surface area (Å²) in [4.78, 5) is 14.3. The van der Waals surface area contributed by atoms with Gasteiger partial charge in [-0.2, -0.15) is 0 Å². The average molecular weight is 450 g/mol. The van der Waals surface area contributed by atoms with Gasteiger partial charge < -0.3 is 15.2 Å². The lowest BCUT2D eigenvalue weighted by atomic mass is 9.76. The van der Waals surface area contributed by atoms with Crippen LogP contribution in [0.1, 0.15) is 78.4 Å². The number of fused-ring (bicyclic) bond motifs is 1. The lowest BCUT2D eigenvalue weighted by Crippen LogP contribution is -2.34. The molecule has 0 bridgehead atoms. The predicted molar refractivity (Wildman–Crippen MR) is 127 cm³/mol. The molecule has 5 rings (SSSR count). The molecule has 1 amide bonds. The first-order valence-corrected chi connectivity index (χ1v) is 12.2. The fraction of sp³-hybridized carbons (Fsp3) is 0.481. The third-order valence-corrected chi connectivity index (χ3v) is 7.80. The number of nitrogens with two attached hydrogens (primary N) is 1. The van der Waals surface area contributed by atoms with E-state index in [4.69, 9.17) is 10.3 Å². The van der Waals surface area contributed by atoms with E-state index >= 15 is 0 Å². The maximum absolute atomic E-state index is 13.7. The minimum atomic E-state index is -0.320. The molecule has 0 unspecified atom stereocenters. The SMILES string of the molecule is NC(=O)c1ccccc1[C@H]1CC[C@H](CCN2CCC(c3noc4ccc(F)cc34)CC2)CC1. The molecule has 1 aliphatic heterocycles. The number of hydrogen-bond acceptors (Lipinski definition) is 4. The molecule has 2 N–H and O–H groups in total. The van der Waals surface area contributed by atoms with Gasteiger partial charge in [0.1, 0.15) is 5.82 Å². The second-order valence-corrected chi connectivity index (χ2v) is 9.78. The van der Waals surface area contributed by atoms with Crippen molar-refractivity contribution in [2.45, 2.75) is 56.8 Å². The first-order chi connectivity index (χ1) is 16.1. The topological polar surface area (TPSA) is 72.4 Å². The Morgan fingerprint density at radius 2 is 1.79 bits per heavy atom. The molecule has 0 spiro atoms. The van der Waals surface area contributed by atoms with Gasteiger partial charge in [0.05, 0.1) is 5.69 Å². The summed E-state index contributed by atoms with van der Waals surface area (Å²) < 4.78 is 19.1. The highest BCUT2D eigenvalue weighted by Gasteiger charge is 2.28. The van der Waals surface area contributed by atoms with Crippen molar-refractivity contribution in [3.63, 3.8) is 0 Å². The van der Waals surface area contributed by atoms with Crippen molar-refractivity contribution in [1.82, 2.24) is 10.1 Å². The molecular formula is C27H32FN3O2. The molecule has 2 fully saturated rings. The summed E-state index contributed by atoms with van der Waals surface area (Å²) in [5.41, 5.74) is 8.98. The Labute approximate surface area is 194 Å². The molecule has 1 aliphatic carbocycles. The van der Waals surface area contributed by atoms with Crippen LogP contribution in [-0.4, -0.2) is 35.6 Å². The van der Waals surface area contributed by atoms with Crippen molar-refractivity contribution in [3.8, 4) is 0 Å². The van der Waals surface area contributed by atoms with Crippen LogP contribution in [0, 0.1) is 11.7 Å². The van der Waals surface area contributed by atoms with Gasteiger partial charge in [0, 0.05) is 16.9 Å². The number of hydrogen-bond donors (Lipinski definition) is 1. The second-order valence-electron chi connectivity index (χ2n) is 9.78. The molecule has 0 atom stereocenters. The van der Waals surface area contributed by atoms with Crippen LogP contribution in [-0.2, 0) is 0 Å². The second kappa shape index (κ2) is 9.64. The summed E-state index contributed by atoms with van der Waals surface area (Å²) in [6.45, 7) is 3.24. The van der Waals surface area contributed by atoms with Gasteiger partial charge >= 0.3 is 0 Å². The van der Waals surface area contributed by atoms with Crippen molar-refractivity contribution < 1.29 is 13.7 Å². The summed E-state index contributed by atoms with van der Waals surface area (Å²) in [7, 11) is 0. The number of rotatable bonds is 6. The number of halogens is 1. The van der Waals surface area contributed by atoms with E-state index in [0.717, 1.165) is 67.9 Å². The lowest BCUT2D eigenvalue weighted by molar-refractivity contribution is 0.0998. The van der Waals surface area contributed by atoms with Gasteiger partial charge in [0.25, 0.3) is 0 Å². The molecule has 174 valence electrons. The Bertz CT molecular complexity index is 1110. The normalized spacial score (nSPS) is 22.6. The standard InChI is InChI=1S/C27H32FN3O2/c28-21-9-10-25-24(17-21)26(30-33-25)20-12-15-31(16-13-20)14-11-18-5-7-19(8-6-18)22-3-1-2-4-23(22)27(29)32/h1-4,9-10,17-20H,5-8,11-16H2,(H2,29,32)/t18-,19-. The van der Waals surface area contributed by atoms with E-state index in [9.17, 15) is 9.18 Å². The van der Waals surface area contributed by atoms with Gasteiger partial charge in [-0.15, -0.1) is 0 Å². The van der Waals surface area contributed by atoms with Gasteiger partial charge in [-0.25, -0.2) is 4.39 Å². The van der Waals surface area contributed by atoms with Crippen molar-refractivity contribution in [2.24, 2.45) is 11.7 Å². The smallest absolute Gasteiger partial charge is 0.248 e. The van der Waals surface area contributed by atoms with E-state index in [2.05, 4.69) is 16.1 Å². The average Bonchev–Trinajstić information content (AvgIpc) is 3.26. The van der Waals surface area contributed by atoms with Crippen LogP contribution in [0.2, 0.25) is 0 Å². The van der Waals surface area contributed by atoms with E-state index in [1.807, 2.05) is 18.2 Å². The molecule has 2 aliphatic rings. The quantitative estimate of drug-likeness (QED) is 0.531. The van der Waals surface area contributed by atoms with Crippen LogP contribution in [0.15, 0.2) is 47.0 Å². The highest BCUT2D eigenvalue weighted by molar-refractivity contribution is 5.94. The minimum Gasteiger partial charge on any atom is -0.366 e. The highest BCUT2D eigenvalue weighted by Crippen LogP contribution is 2.39. The van der Waals surface area contributed by atoms with E-state index in [-0.39, 0.29) is 11.7 Å². The third-order valence-electron chi connectivity index (χ3n) is 7.80. The summed E-state index contributed by atoms with van der Waals surface area (Å²) in [5, 5.41) is 5.09. The minimum absolute atomic E-state index is 0.239. The molecule has 1 aromatic heterocycles. The van der Waals surface area contributed by atoms with Gasteiger partial charge in [-0.3, -0.25) is 4.79 Å². The zero-order valence-electron chi connectivity index (χ0n) is 19.0. The maximum Gasteiger partial charge on any atom is 0.248 e. The summed E-state index contributed by atoms with van der Waals surface area (Å²) in [6, 6.07) is 12.5. The lowest BCUT2D eigenvalue weighted by Gasteiger charge is -2.34. The Hall–Kier alpha value is -2.73. The van der Waals surface area contributed by atoms with Gasteiger partial charge in [-0.1, -0.05) is 23.4 Å². The molecular weight excluding hydrogens is 417 g/mol. The molecule has 3 aromatic rings. The number of aromatic nitrogens is 1. The van der Waals surface area contributed by atoms with Crippen molar-refractivity contribution >= 4 is 16.9 Å². The predicted octanol–water partition coefficient (Wildman–Crippen LogP) is 5.61. The number of carbonyl (C=O) groups is 1. The fourth-order valence-electron chi connectivity index (χ4n) is 5.86. The highest BCUT2D eigenvalue weighted by atomic mass is 19.1. The molecule has 2 aromatic carbocycles. The monoisotopic (exact) mass is 449 g/mol. The molecule has 2 heterocycles. The van der Waals surface area contributed by atoms with Crippen LogP contribution in [0.5, 0.6) is 0 Å². The number of benzene rings is 2. The molecule has 6 heteroatoms. The number of amides is 1. The van der Waals surface area contributed by atoms with Gasteiger partial charge in [0.15, 0.2) is 5.58 Å². The molecule has 1 saturated carbocycles. The Morgan fingerprint density at radius 3 is 2.55 bits per heavy atom. The molecule has 1 saturated heterocycles. The molecule has 5 nitrogen and oxygen atoms in total. The summed E-state index contributed by atoms with van der Waals surface area (Å²) >= 11 is 0. The Kier molecular flexibility index (Phi) is 6.45. The van der Waals surface area contributed by atoms with Crippen molar-refractivity contribution in [2.75, 3.05) is 19.6 Å². The zero-order chi connectivity index (χ0) is 22.8. The first kappa shape index (κ1) is 22.1. The van der Waals surface area contributed by atoms with Crippen molar-refractivity contribution in [1.29, 1.82) is 0 Å². The Morgan fingerprint density at radius 1 is 1.03 bits per heavy atom. The van der Waals surface area contributed by atoms with Crippen LogP contribution in [0.3, 0.4) is 0 Å². The molecule has 0 radical (unpaired) electrons. The van der Waals surface area contributed by atoms with E-state index in [1.54, 1.807) is 12.1 Å². The maximum atomic E-state index is 13.7. The molecule has 33 heavy (non-hydrogen) atoms. The first-order valence-electron chi connectivity index (χ1n) is 12.2. The number of likely N-dealkylation sites (tertiary alicyclic amines) is 1. The number of carbonyl (C=O) groups excluding carboxylic acids is 1. The van der Waals surface area contributed by atoms with Crippen molar-refractivity contribution in [3.05, 3.63) is 65.1 Å². The summed E-state index contributed by atoms with van der Waals surface area (Å²) in [5.74, 6) is 0.979. The van der Waals surface area contributed by atoms with Gasteiger partial charge in [-0.05, 0) is 106 Å². The van der Waals surface area contributed by atoms with Crippen LogP contribution in [0.4, 0.5) is 4.39 Å². The van der Waals surface area contributed by atoms with Crippen LogP contribution < -0.4 is 5.73 Å². The number of nitrogens with zero attached hydrogens (tertiary/aromatic N) is 2. The van der Waals surface area contributed by atoms with E-state index < -0.39 is 0 Å². The van der Waals surface area contributed by atoms with Crippen LogP contribution >= 0.6 is 0 Å². The Balaban J connectivity index is 1.09. The third kappa shape index (κ3) is 4.81.